The van der Waals surface area contributed by atoms with Gasteiger partial charge in [0.25, 0.3) is 5.91 Å². The average Bonchev–Trinajstić information content (AvgIpc) is 3.30. The highest BCUT2D eigenvalue weighted by atomic mass is 32.2. The van der Waals surface area contributed by atoms with E-state index in [1.165, 1.54) is 11.8 Å². The van der Waals surface area contributed by atoms with Crippen LogP contribution in [0.1, 0.15) is 17.3 Å². The number of fused-ring (bicyclic) bond motifs is 3. The molecule has 3 heterocycles. The number of para-hydroxylation sites is 1. The van der Waals surface area contributed by atoms with Crippen molar-refractivity contribution in [2.75, 3.05) is 6.79 Å². The molecule has 1 N–H and O–H groups in total. The summed E-state index contributed by atoms with van der Waals surface area (Å²) >= 11 is 1.49. The Morgan fingerprint density at radius 2 is 1.81 bits per heavy atom. The third kappa shape index (κ3) is 3.29. The molecule has 3 aliphatic heterocycles. The topological polar surface area (TPSA) is 75.5 Å². The zero-order valence-corrected chi connectivity index (χ0v) is 17.7. The van der Waals surface area contributed by atoms with Crippen LogP contribution in [-0.4, -0.2) is 22.9 Å². The smallest absolute Gasteiger partial charge is 0.276 e. The Morgan fingerprint density at radius 3 is 2.72 bits per heavy atom. The monoisotopic (exact) mass is 442 g/mol. The summed E-state index contributed by atoms with van der Waals surface area (Å²) in [6, 6.07) is 23.4. The molecule has 3 aromatic carbocycles. The molecular formula is C24H18N4O3S. The Bertz CT molecular complexity index is 1370. The van der Waals surface area contributed by atoms with Gasteiger partial charge in [0.2, 0.25) is 6.79 Å². The van der Waals surface area contributed by atoms with Gasteiger partial charge >= 0.3 is 0 Å². The van der Waals surface area contributed by atoms with Gasteiger partial charge in [-0.3, -0.25) is 15.1 Å². The van der Waals surface area contributed by atoms with Crippen LogP contribution in [0.15, 0.2) is 82.9 Å². The molecule has 3 aliphatic rings. The molecule has 0 saturated carbocycles. The fourth-order valence-electron chi connectivity index (χ4n) is 3.91. The van der Waals surface area contributed by atoms with Crippen molar-refractivity contribution in [3.05, 3.63) is 94.5 Å². The van der Waals surface area contributed by atoms with Gasteiger partial charge in [-0.15, -0.1) is 5.10 Å². The maximum Gasteiger partial charge on any atom is 0.276 e. The van der Waals surface area contributed by atoms with Crippen molar-refractivity contribution in [1.82, 2.24) is 10.3 Å². The minimum atomic E-state index is -0.493. The molecule has 0 spiro atoms. The Labute approximate surface area is 188 Å². The van der Waals surface area contributed by atoms with Crippen molar-refractivity contribution < 1.29 is 14.3 Å². The average molecular weight is 443 g/mol. The summed E-state index contributed by atoms with van der Waals surface area (Å²) in [5.74, 6) is 1.88. The van der Waals surface area contributed by atoms with Crippen molar-refractivity contribution in [1.29, 1.82) is 0 Å². The number of amidine groups is 1. The van der Waals surface area contributed by atoms with Gasteiger partial charge in [0.1, 0.15) is 5.70 Å². The van der Waals surface area contributed by atoms with Crippen LogP contribution in [0.4, 0.5) is 0 Å². The fraction of sp³-hybridized carbons (Fsp3) is 0.125. The van der Waals surface area contributed by atoms with Crippen LogP contribution >= 0.6 is 11.8 Å². The number of thioether (sulfide) groups is 1. The summed E-state index contributed by atoms with van der Waals surface area (Å²) in [4.78, 5) is 18.1. The van der Waals surface area contributed by atoms with Gasteiger partial charge in [0.05, 0.1) is 5.36 Å². The molecule has 0 aromatic heterocycles. The molecule has 0 saturated heterocycles. The van der Waals surface area contributed by atoms with Crippen molar-refractivity contribution in [3.8, 4) is 11.5 Å². The van der Waals surface area contributed by atoms with E-state index in [0.717, 1.165) is 21.7 Å². The molecule has 0 aliphatic carbocycles. The Balaban J connectivity index is 1.42. The normalized spacial score (nSPS) is 18.3. The number of rotatable bonds is 3. The predicted octanol–water partition coefficient (Wildman–Crippen LogP) is 2.49. The Morgan fingerprint density at radius 1 is 1.00 bits per heavy atom. The zero-order valence-electron chi connectivity index (χ0n) is 16.9. The van der Waals surface area contributed by atoms with Crippen LogP contribution in [0.3, 0.4) is 0 Å². The summed E-state index contributed by atoms with van der Waals surface area (Å²) in [5.41, 5.74) is 2.51. The lowest BCUT2D eigenvalue weighted by molar-refractivity contribution is -0.116. The van der Waals surface area contributed by atoms with E-state index in [9.17, 15) is 4.79 Å². The molecule has 1 unspecified atom stereocenters. The van der Waals surface area contributed by atoms with Crippen molar-refractivity contribution >= 4 is 28.5 Å². The molecule has 32 heavy (non-hydrogen) atoms. The molecule has 6 rings (SSSR count). The first-order chi connectivity index (χ1) is 15.8. The van der Waals surface area contributed by atoms with Crippen molar-refractivity contribution in [2.45, 2.75) is 11.9 Å². The number of benzene rings is 3. The summed E-state index contributed by atoms with van der Waals surface area (Å²) in [6.45, 7) is 0.200. The van der Waals surface area contributed by atoms with Gasteiger partial charge in [0.15, 0.2) is 22.8 Å². The van der Waals surface area contributed by atoms with Crippen molar-refractivity contribution in [3.63, 3.8) is 0 Å². The van der Waals surface area contributed by atoms with Crippen LogP contribution < -0.4 is 25.4 Å². The van der Waals surface area contributed by atoms with Crippen LogP contribution in [0.5, 0.6) is 11.5 Å². The van der Waals surface area contributed by atoms with E-state index in [1.807, 2.05) is 60.7 Å². The van der Waals surface area contributed by atoms with Gasteiger partial charge in [-0.25, -0.2) is 5.01 Å². The van der Waals surface area contributed by atoms with E-state index in [0.29, 0.717) is 28.1 Å². The number of hydrazone groups is 1. The number of carbonyl (C=O) groups is 1. The van der Waals surface area contributed by atoms with E-state index >= 15 is 0 Å². The molecule has 1 atom stereocenters. The second kappa shape index (κ2) is 7.72. The second-order valence-electron chi connectivity index (χ2n) is 7.46. The van der Waals surface area contributed by atoms with Gasteiger partial charge in [0, 0.05) is 16.5 Å². The third-order valence-corrected chi connectivity index (χ3v) is 6.36. The first-order valence-electron chi connectivity index (χ1n) is 10.2. The molecule has 0 bridgehead atoms. The van der Waals surface area contributed by atoms with Gasteiger partial charge < -0.3 is 9.47 Å². The lowest BCUT2D eigenvalue weighted by Crippen LogP contribution is -2.50. The first kappa shape index (κ1) is 18.9. The number of nitrogens with zero attached hydrogens (tertiary/aromatic N) is 3. The molecule has 0 radical (unpaired) electrons. The molecule has 3 aromatic rings. The SMILES string of the molecule is O=C1NC(SCc2ccccc2)=NN2C1=c1ccccc1=NC2c1ccc2c(c1)OCO2. The molecule has 0 fully saturated rings. The molecule has 7 nitrogen and oxygen atoms in total. The number of amides is 1. The van der Waals surface area contributed by atoms with E-state index in [-0.39, 0.29) is 12.7 Å². The predicted molar refractivity (Wildman–Crippen MR) is 121 cm³/mol. The van der Waals surface area contributed by atoms with Gasteiger partial charge in [-0.05, 0) is 23.8 Å². The third-order valence-electron chi connectivity index (χ3n) is 5.43. The Hall–Kier alpha value is -3.78. The number of nitrogens with one attached hydrogen (secondary N) is 1. The number of hydrogen-bond donors (Lipinski definition) is 1. The van der Waals surface area contributed by atoms with Crippen LogP contribution in [0.25, 0.3) is 5.70 Å². The highest BCUT2D eigenvalue weighted by molar-refractivity contribution is 8.13. The summed E-state index contributed by atoms with van der Waals surface area (Å²) in [6.07, 6.45) is -0.493. The maximum atomic E-state index is 13.2. The molecule has 158 valence electrons. The second-order valence-corrected chi connectivity index (χ2v) is 8.42. The lowest BCUT2D eigenvalue weighted by Gasteiger charge is -2.34. The molecule has 1 amide bonds. The highest BCUT2D eigenvalue weighted by Crippen LogP contribution is 2.38. The first-order valence-corrected chi connectivity index (χ1v) is 11.2. The van der Waals surface area contributed by atoms with E-state index < -0.39 is 6.17 Å². The fourth-order valence-corrected chi connectivity index (χ4v) is 4.72. The summed E-state index contributed by atoms with van der Waals surface area (Å²) in [7, 11) is 0. The summed E-state index contributed by atoms with van der Waals surface area (Å²) < 4.78 is 11.0. The Kier molecular flexibility index (Phi) is 4.57. The minimum Gasteiger partial charge on any atom is -0.454 e. The lowest BCUT2D eigenvalue weighted by atomic mass is 10.1. The van der Waals surface area contributed by atoms with Crippen molar-refractivity contribution in [2.24, 2.45) is 10.1 Å². The van der Waals surface area contributed by atoms with Crippen LogP contribution in [0.2, 0.25) is 0 Å². The number of hydrogen-bond acceptors (Lipinski definition) is 7. The number of ether oxygens (including phenoxy) is 2. The van der Waals surface area contributed by atoms with Crippen LogP contribution in [-0.2, 0) is 10.5 Å². The van der Waals surface area contributed by atoms with Gasteiger partial charge in [-0.1, -0.05) is 66.4 Å². The highest BCUT2D eigenvalue weighted by Gasteiger charge is 2.35. The standard InChI is InChI=1S/C24H18N4O3S/c29-23-21-17-8-4-5-9-18(17)25-22(16-10-11-19-20(12-16)31-14-30-19)28(21)27-24(26-23)32-13-15-6-2-1-3-7-15/h1-12,22H,13-14H2,(H,26,27,29). The quantitative estimate of drug-likeness (QED) is 0.675. The zero-order chi connectivity index (χ0) is 21.5. The van der Waals surface area contributed by atoms with Gasteiger partial charge in [-0.2, -0.15) is 0 Å². The largest absolute Gasteiger partial charge is 0.454 e. The minimum absolute atomic E-state index is 0.191. The maximum absolute atomic E-state index is 13.2. The molecule has 8 heteroatoms. The molecular weight excluding hydrogens is 424 g/mol. The summed E-state index contributed by atoms with van der Waals surface area (Å²) in [5, 5.41) is 11.5. The van der Waals surface area contributed by atoms with Crippen LogP contribution in [0, 0.1) is 0 Å². The van der Waals surface area contributed by atoms with E-state index in [1.54, 1.807) is 5.01 Å². The van der Waals surface area contributed by atoms with E-state index in [2.05, 4.69) is 17.4 Å². The van der Waals surface area contributed by atoms with E-state index in [4.69, 9.17) is 19.6 Å². The number of carbonyl (C=O) groups excluding carboxylic acids is 1.